The molecule has 0 N–H and O–H groups in total. The lowest BCUT2D eigenvalue weighted by Gasteiger charge is -2.13. The number of amides is 2. The van der Waals surface area contributed by atoms with Crippen LogP contribution in [0.2, 0.25) is 0 Å². The quantitative estimate of drug-likeness (QED) is 0.753. The maximum Gasteiger partial charge on any atom is 0.289 e. The van der Waals surface area contributed by atoms with Gasteiger partial charge in [0.2, 0.25) is 5.91 Å². The normalized spacial score (nSPS) is 17.5. The predicted octanol–water partition coefficient (Wildman–Crippen LogP) is 2.33. The Bertz CT molecular complexity index is 623. The highest BCUT2D eigenvalue weighted by Crippen LogP contribution is 2.32. The molecular formula is C16H17NO4S. The van der Waals surface area contributed by atoms with Gasteiger partial charge in [0.1, 0.15) is 6.61 Å². The van der Waals surface area contributed by atoms with Crippen molar-refractivity contribution < 1.29 is 19.1 Å². The third kappa shape index (κ3) is 3.37. The highest BCUT2D eigenvalue weighted by molar-refractivity contribution is 8.15. The lowest BCUT2D eigenvalue weighted by Crippen LogP contribution is -2.31. The van der Waals surface area contributed by atoms with E-state index in [0.717, 1.165) is 17.3 Å². The van der Waals surface area contributed by atoms with Gasteiger partial charge >= 0.3 is 0 Å². The molecule has 2 rings (SSSR count). The molecule has 1 aromatic carbocycles. The van der Waals surface area contributed by atoms with E-state index in [4.69, 9.17) is 15.9 Å². The Labute approximate surface area is 134 Å². The van der Waals surface area contributed by atoms with Crippen LogP contribution in [-0.2, 0) is 11.2 Å². The van der Waals surface area contributed by atoms with Crippen LogP contribution in [0.3, 0.4) is 0 Å². The molecule has 1 aliphatic heterocycles. The van der Waals surface area contributed by atoms with Crippen molar-refractivity contribution in [2.24, 2.45) is 0 Å². The Morgan fingerprint density at radius 3 is 2.73 bits per heavy atom. The molecule has 1 heterocycles. The van der Waals surface area contributed by atoms with E-state index >= 15 is 0 Å². The number of hydrogen-bond donors (Lipinski definition) is 0. The first-order chi connectivity index (χ1) is 10.6. The number of methoxy groups -OCH3 is 1. The third-order valence-corrected chi connectivity index (χ3v) is 4.36. The number of imide groups is 1. The molecule has 0 radical (unpaired) electrons. The lowest BCUT2D eigenvalue weighted by molar-refractivity contribution is -0.126. The minimum atomic E-state index is -0.380. The highest BCUT2D eigenvalue weighted by Gasteiger charge is 2.38. The number of ether oxygens (including phenoxy) is 2. The van der Waals surface area contributed by atoms with Crippen molar-refractivity contribution in [3.63, 3.8) is 0 Å². The van der Waals surface area contributed by atoms with Crippen molar-refractivity contribution in [1.29, 1.82) is 0 Å². The topological polar surface area (TPSA) is 55.8 Å². The average molecular weight is 319 g/mol. The number of hydrogen-bond acceptors (Lipinski definition) is 5. The summed E-state index contributed by atoms with van der Waals surface area (Å²) in [7, 11) is 1.54. The van der Waals surface area contributed by atoms with Gasteiger partial charge < -0.3 is 9.47 Å². The summed E-state index contributed by atoms with van der Waals surface area (Å²) >= 11 is 1.07. The molecule has 1 aliphatic rings. The summed E-state index contributed by atoms with van der Waals surface area (Å²) in [5.41, 5.74) is 0.904. The summed E-state index contributed by atoms with van der Waals surface area (Å²) in [6.07, 6.45) is 5.64. The molecule has 2 amide bonds. The molecule has 1 fully saturated rings. The summed E-state index contributed by atoms with van der Waals surface area (Å²) in [6, 6.07) is 5.41. The van der Waals surface area contributed by atoms with Gasteiger partial charge in [0.05, 0.1) is 12.4 Å². The van der Waals surface area contributed by atoms with Crippen molar-refractivity contribution in [3.05, 3.63) is 23.8 Å². The van der Waals surface area contributed by atoms with E-state index in [1.165, 1.54) is 4.90 Å². The van der Waals surface area contributed by atoms with E-state index in [9.17, 15) is 9.59 Å². The monoisotopic (exact) mass is 319 g/mol. The minimum Gasteiger partial charge on any atom is -0.493 e. The third-order valence-electron chi connectivity index (χ3n) is 3.28. The van der Waals surface area contributed by atoms with E-state index in [-0.39, 0.29) is 23.0 Å². The van der Waals surface area contributed by atoms with Crippen molar-refractivity contribution in [2.75, 3.05) is 20.3 Å². The molecule has 0 spiro atoms. The van der Waals surface area contributed by atoms with Gasteiger partial charge in [-0.1, -0.05) is 23.7 Å². The van der Waals surface area contributed by atoms with Crippen LogP contribution in [0, 0.1) is 12.3 Å². The van der Waals surface area contributed by atoms with Crippen LogP contribution in [0.4, 0.5) is 4.79 Å². The Balaban J connectivity index is 2.12. The number of carbonyl (C=O) groups excluding carboxylic acids is 2. The Kier molecular flexibility index (Phi) is 5.34. The van der Waals surface area contributed by atoms with Crippen LogP contribution in [0.15, 0.2) is 18.2 Å². The number of nitrogens with zero attached hydrogens (tertiary/aromatic N) is 1. The summed E-state index contributed by atoms with van der Waals surface area (Å²) < 4.78 is 10.7. The maximum atomic E-state index is 12.1. The van der Waals surface area contributed by atoms with Crippen LogP contribution < -0.4 is 9.47 Å². The number of rotatable bonds is 6. The molecule has 0 unspecified atom stereocenters. The summed E-state index contributed by atoms with van der Waals surface area (Å²) in [6.45, 7) is 2.36. The van der Waals surface area contributed by atoms with Gasteiger partial charge in [-0.15, -0.1) is 6.42 Å². The van der Waals surface area contributed by atoms with Gasteiger partial charge in [-0.2, -0.15) is 0 Å². The summed E-state index contributed by atoms with van der Waals surface area (Å²) in [4.78, 5) is 25.1. The van der Waals surface area contributed by atoms with E-state index in [2.05, 4.69) is 5.92 Å². The largest absolute Gasteiger partial charge is 0.493 e. The molecule has 116 valence electrons. The fraction of sp³-hybridized carbons (Fsp3) is 0.375. The number of terminal acetylenes is 1. The van der Waals surface area contributed by atoms with E-state index in [0.29, 0.717) is 24.5 Å². The maximum absolute atomic E-state index is 12.1. The fourth-order valence-corrected chi connectivity index (χ4v) is 3.30. The summed E-state index contributed by atoms with van der Waals surface area (Å²) in [5, 5.41) is -0.562. The first-order valence-electron chi connectivity index (χ1n) is 6.85. The molecule has 1 saturated heterocycles. The molecule has 1 aromatic rings. The number of carbonyl (C=O) groups is 2. The van der Waals surface area contributed by atoms with Gasteiger partial charge in [-0.25, -0.2) is 0 Å². The molecule has 5 nitrogen and oxygen atoms in total. The Morgan fingerprint density at radius 1 is 1.36 bits per heavy atom. The first-order valence-corrected chi connectivity index (χ1v) is 7.73. The van der Waals surface area contributed by atoms with Gasteiger partial charge in [0.15, 0.2) is 11.5 Å². The Hall–Kier alpha value is -2.13. The molecule has 22 heavy (non-hydrogen) atoms. The van der Waals surface area contributed by atoms with Crippen molar-refractivity contribution in [1.82, 2.24) is 4.90 Å². The van der Waals surface area contributed by atoms with Crippen molar-refractivity contribution in [2.45, 2.75) is 18.6 Å². The van der Waals surface area contributed by atoms with Gasteiger partial charge in [-0.3, -0.25) is 14.5 Å². The zero-order valence-electron chi connectivity index (χ0n) is 12.5. The zero-order chi connectivity index (χ0) is 16.1. The smallest absolute Gasteiger partial charge is 0.289 e. The van der Waals surface area contributed by atoms with Gasteiger partial charge in [0.25, 0.3) is 5.24 Å². The van der Waals surface area contributed by atoms with Gasteiger partial charge in [0, 0.05) is 6.54 Å². The van der Waals surface area contributed by atoms with Crippen LogP contribution in [0.1, 0.15) is 12.5 Å². The van der Waals surface area contributed by atoms with Crippen molar-refractivity contribution in [3.8, 4) is 23.8 Å². The number of benzene rings is 1. The van der Waals surface area contributed by atoms with Crippen LogP contribution in [0.5, 0.6) is 11.5 Å². The fourth-order valence-electron chi connectivity index (χ4n) is 2.21. The molecule has 0 saturated carbocycles. The molecule has 1 atom stereocenters. The second-order valence-corrected chi connectivity index (χ2v) is 5.79. The zero-order valence-corrected chi connectivity index (χ0v) is 13.3. The van der Waals surface area contributed by atoms with E-state index < -0.39 is 0 Å². The molecule has 6 heteroatoms. The first kappa shape index (κ1) is 16.2. The molecule has 0 bridgehead atoms. The lowest BCUT2D eigenvalue weighted by atomic mass is 10.1. The number of thioether (sulfide) groups is 1. The standard InChI is InChI=1S/C16H17NO4S/c1-4-8-21-12-7-6-11(9-13(12)20-3)10-14-15(18)17(5-2)16(19)22-14/h1,6-7,9,14H,5,8,10H2,2-3H3/t14-/m0/s1. The van der Waals surface area contributed by atoms with E-state index in [1.807, 2.05) is 6.07 Å². The van der Waals surface area contributed by atoms with Crippen molar-refractivity contribution >= 4 is 22.9 Å². The van der Waals surface area contributed by atoms with Crippen LogP contribution in [0.25, 0.3) is 0 Å². The van der Waals surface area contributed by atoms with Gasteiger partial charge in [-0.05, 0) is 31.0 Å². The summed E-state index contributed by atoms with van der Waals surface area (Å²) in [5.74, 6) is 3.37. The minimum absolute atomic E-state index is 0.135. The van der Waals surface area contributed by atoms with Crippen LogP contribution >= 0.6 is 11.8 Å². The Morgan fingerprint density at radius 2 is 2.14 bits per heavy atom. The second kappa shape index (κ2) is 7.23. The molecule has 0 aliphatic carbocycles. The van der Waals surface area contributed by atoms with E-state index in [1.54, 1.807) is 26.2 Å². The predicted molar refractivity (Wildman–Crippen MR) is 85.2 cm³/mol. The highest BCUT2D eigenvalue weighted by atomic mass is 32.2. The van der Waals surface area contributed by atoms with Crippen LogP contribution in [-0.4, -0.2) is 41.6 Å². The average Bonchev–Trinajstić information content (AvgIpc) is 2.79. The molecular weight excluding hydrogens is 302 g/mol. The second-order valence-electron chi connectivity index (χ2n) is 4.64. The SMILES string of the molecule is C#CCOc1ccc(C[C@@H]2SC(=O)N(CC)C2=O)cc1OC. The molecule has 0 aromatic heterocycles.